The Balaban J connectivity index is 3.22. The standard InChI is InChI=1S/C11H13F3N2OS2/c1-7(19(2,17)16-10(15)18)8-3-5-9(6-4-8)11(12,13)14/h3-6H,1-2H3,(H3,15,16,17,18). The summed E-state index contributed by atoms with van der Waals surface area (Å²) in [6.07, 6.45) is -3.00. The summed E-state index contributed by atoms with van der Waals surface area (Å²) >= 11 is 4.61. The molecule has 8 heteroatoms. The van der Waals surface area contributed by atoms with Gasteiger partial charge in [-0.2, -0.15) is 13.2 Å². The molecule has 0 spiro atoms. The first-order chi connectivity index (χ1) is 8.54. The average molecular weight is 310 g/mol. The van der Waals surface area contributed by atoms with E-state index in [0.29, 0.717) is 10.4 Å². The van der Waals surface area contributed by atoms with Crippen molar-refractivity contribution in [1.29, 1.82) is 0 Å². The summed E-state index contributed by atoms with van der Waals surface area (Å²) in [5.74, 6) is 0. The quantitative estimate of drug-likeness (QED) is 0.648. The topological polar surface area (TPSA) is 55.1 Å². The zero-order valence-electron chi connectivity index (χ0n) is 10.2. The van der Waals surface area contributed by atoms with Gasteiger partial charge in [0.05, 0.1) is 15.3 Å². The van der Waals surface area contributed by atoms with Gasteiger partial charge >= 0.3 is 6.18 Å². The monoisotopic (exact) mass is 310 g/mol. The highest BCUT2D eigenvalue weighted by Crippen LogP contribution is 2.29. The molecule has 1 rings (SSSR count). The van der Waals surface area contributed by atoms with Crippen LogP contribution in [0.3, 0.4) is 0 Å². The molecule has 1 atom stereocenters. The van der Waals surface area contributed by atoms with Crippen molar-refractivity contribution < 1.29 is 17.4 Å². The van der Waals surface area contributed by atoms with E-state index < -0.39 is 21.4 Å². The molecule has 0 saturated heterocycles. The van der Waals surface area contributed by atoms with Gasteiger partial charge in [-0.3, -0.25) is 4.72 Å². The molecule has 0 aromatic heterocycles. The maximum atomic E-state index is 12.4. The second-order valence-corrected chi connectivity index (χ2v) is 6.88. The molecule has 0 amide bonds. The second kappa shape index (κ2) is 5.38. The van der Waals surface area contributed by atoms with Crippen LogP contribution in [0.25, 0.3) is 0 Å². The van der Waals surface area contributed by atoms with E-state index in [0.717, 1.165) is 12.1 Å². The van der Waals surface area contributed by atoms with Crippen LogP contribution >= 0.6 is 12.2 Å². The van der Waals surface area contributed by atoms with Crippen LogP contribution in [0.5, 0.6) is 0 Å². The first-order valence-electron chi connectivity index (χ1n) is 5.11. The van der Waals surface area contributed by atoms with Crippen LogP contribution in [0.1, 0.15) is 18.1 Å². The van der Waals surface area contributed by atoms with E-state index in [9.17, 15) is 17.4 Å². The lowest BCUT2D eigenvalue weighted by Crippen LogP contribution is -2.37. The van der Waals surface area contributed by atoms with Gasteiger partial charge in [0.2, 0.25) is 0 Å². The highest BCUT2D eigenvalue weighted by Gasteiger charge is 2.30. The van der Waals surface area contributed by atoms with Crippen LogP contribution in [-0.2, 0) is 15.9 Å². The van der Waals surface area contributed by atoms with Gasteiger partial charge < -0.3 is 5.73 Å². The van der Waals surface area contributed by atoms with Gasteiger partial charge in [-0.25, -0.2) is 4.21 Å². The molecule has 3 nitrogen and oxygen atoms in total. The molecule has 1 unspecified atom stereocenters. The third-order valence-corrected chi connectivity index (χ3v) is 4.74. The number of halogens is 3. The minimum Gasteiger partial charge on any atom is -0.376 e. The van der Waals surface area contributed by atoms with Gasteiger partial charge in [-0.1, -0.05) is 12.1 Å². The lowest BCUT2D eigenvalue weighted by molar-refractivity contribution is -0.137. The van der Waals surface area contributed by atoms with Crippen molar-refractivity contribution in [2.45, 2.75) is 13.1 Å². The molecule has 1 aromatic carbocycles. The van der Waals surface area contributed by atoms with Crippen molar-refractivity contribution in [3.8, 4) is 0 Å². The van der Waals surface area contributed by atoms with Gasteiger partial charge in [-0.15, -0.1) is 0 Å². The lowest BCUT2D eigenvalue weighted by Gasteiger charge is -2.13. The number of hydrogen-bond acceptors (Lipinski definition) is 2. The summed E-state index contributed by atoms with van der Waals surface area (Å²) in [5, 5.41) is -0.126. The Labute approximate surface area is 115 Å². The maximum absolute atomic E-state index is 12.4. The van der Waals surface area contributed by atoms with Crippen molar-refractivity contribution in [2.75, 3.05) is 6.26 Å². The molecule has 0 aliphatic rings. The molecule has 0 aliphatic carbocycles. The van der Waals surface area contributed by atoms with E-state index in [4.69, 9.17) is 5.73 Å². The summed E-state index contributed by atoms with van der Waals surface area (Å²) in [6.45, 7) is 1.55. The normalized spacial score (nSPS) is 14.6. The number of nitrogens with one attached hydrogen (secondary N) is 1. The molecule has 19 heavy (non-hydrogen) atoms. The van der Waals surface area contributed by atoms with Crippen molar-refractivity contribution in [1.82, 2.24) is 4.72 Å². The largest absolute Gasteiger partial charge is 0.416 e. The molecule has 0 heterocycles. The Kier molecular flexibility index (Phi) is 4.46. The van der Waals surface area contributed by atoms with Gasteiger partial charge in [0.1, 0.15) is 0 Å². The summed E-state index contributed by atoms with van der Waals surface area (Å²) < 4.78 is 51.9. The highest BCUT2D eigenvalue weighted by molar-refractivity contribution is 8.01. The Bertz CT molecular complexity index is 599. The molecule has 106 valence electrons. The fourth-order valence-corrected chi connectivity index (χ4v) is 2.99. The van der Waals surface area contributed by atoms with Crippen LogP contribution in [0, 0.1) is 0 Å². The fourth-order valence-electron chi connectivity index (χ4n) is 1.39. The number of thiocarbonyl (C=S) groups is 1. The van der Waals surface area contributed by atoms with Crippen molar-refractivity contribution in [3.05, 3.63) is 35.4 Å². The maximum Gasteiger partial charge on any atom is 0.416 e. The van der Waals surface area contributed by atoms with Crippen LogP contribution in [0.15, 0.2) is 24.3 Å². The zero-order valence-corrected chi connectivity index (χ0v) is 11.9. The molecule has 0 aliphatic heterocycles. The number of alkyl halides is 3. The SMILES string of the molecule is CC(c1ccc(C(F)(F)F)cc1)=S(C)(=O)NC(N)=S. The van der Waals surface area contributed by atoms with Gasteiger partial charge in [-0.05, 0) is 36.8 Å². The first-order valence-corrected chi connectivity index (χ1v) is 7.49. The average Bonchev–Trinajstić information content (AvgIpc) is 2.25. The zero-order chi connectivity index (χ0) is 14.8. The third kappa shape index (κ3) is 4.10. The van der Waals surface area contributed by atoms with Crippen LogP contribution in [-0.4, -0.2) is 20.4 Å². The minimum atomic E-state index is -4.39. The minimum absolute atomic E-state index is 0.126. The molecule has 0 saturated carbocycles. The smallest absolute Gasteiger partial charge is 0.376 e. The summed E-state index contributed by atoms with van der Waals surface area (Å²) in [4.78, 5) is 0.383. The first kappa shape index (κ1) is 15.8. The predicted octanol–water partition coefficient (Wildman–Crippen LogP) is 1.91. The Hall–Kier alpha value is -1.28. The Morgan fingerprint density at radius 2 is 1.79 bits per heavy atom. The highest BCUT2D eigenvalue weighted by atomic mass is 32.2. The molecule has 0 radical (unpaired) electrons. The summed E-state index contributed by atoms with van der Waals surface area (Å²) in [6, 6.07) is 4.41. The van der Waals surface area contributed by atoms with E-state index in [1.165, 1.54) is 18.4 Å². The van der Waals surface area contributed by atoms with Crippen LogP contribution in [0.4, 0.5) is 13.2 Å². The number of benzene rings is 1. The van der Waals surface area contributed by atoms with Gasteiger partial charge in [0.25, 0.3) is 0 Å². The summed E-state index contributed by atoms with van der Waals surface area (Å²) in [7, 11) is -2.69. The molecule has 1 aromatic rings. The fraction of sp³-hybridized carbons (Fsp3) is 0.273. The van der Waals surface area contributed by atoms with Crippen molar-refractivity contribution in [3.63, 3.8) is 0 Å². The Morgan fingerprint density at radius 1 is 1.32 bits per heavy atom. The van der Waals surface area contributed by atoms with E-state index in [1.54, 1.807) is 6.92 Å². The predicted molar refractivity (Wildman–Crippen MR) is 75.2 cm³/mol. The van der Waals surface area contributed by atoms with Crippen molar-refractivity contribution >= 4 is 31.9 Å². The van der Waals surface area contributed by atoms with Gasteiger partial charge in [0, 0.05) is 11.1 Å². The molecular formula is C11H13F3N2OS2. The number of rotatable bonds is 2. The van der Waals surface area contributed by atoms with E-state index in [-0.39, 0.29) is 5.11 Å². The van der Waals surface area contributed by atoms with Crippen molar-refractivity contribution in [2.24, 2.45) is 5.73 Å². The molecule has 0 fully saturated rings. The molecule has 0 bridgehead atoms. The molecular weight excluding hydrogens is 297 g/mol. The van der Waals surface area contributed by atoms with E-state index in [1.807, 2.05) is 0 Å². The lowest BCUT2D eigenvalue weighted by atomic mass is 10.1. The van der Waals surface area contributed by atoms with E-state index >= 15 is 0 Å². The number of nitrogens with two attached hydrogens (primary N) is 1. The number of hydrogen-bond donors (Lipinski definition) is 2. The van der Waals surface area contributed by atoms with Crippen LogP contribution < -0.4 is 10.5 Å². The summed E-state index contributed by atoms with van der Waals surface area (Å²) in [5.41, 5.74) is 4.93. The van der Waals surface area contributed by atoms with Gasteiger partial charge in [0.15, 0.2) is 5.11 Å². The molecule has 3 N–H and O–H groups in total. The Morgan fingerprint density at radius 3 is 2.16 bits per heavy atom. The van der Waals surface area contributed by atoms with Crippen LogP contribution in [0.2, 0.25) is 0 Å². The third-order valence-electron chi connectivity index (χ3n) is 2.50. The second-order valence-electron chi connectivity index (χ2n) is 3.94. The van der Waals surface area contributed by atoms with E-state index in [2.05, 4.69) is 16.9 Å².